The van der Waals surface area contributed by atoms with Crippen molar-refractivity contribution in [2.24, 2.45) is 0 Å². The SMILES string of the molecule is Cc1cc2ccccc2oc1=O.Nc1cccc2ccccc12. The summed E-state index contributed by atoms with van der Waals surface area (Å²) in [5, 5.41) is 3.30. The summed E-state index contributed by atoms with van der Waals surface area (Å²) in [7, 11) is 0. The van der Waals surface area contributed by atoms with Gasteiger partial charge >= 0.3 is 5.63 Å². The monoisotopic (exact) mass is 303 g/mol. The second-order valence-electron chi connectivity index (χ2n) is 5.32. The molecule has 3 aromatic carbocycles. The van der Waals surface area contributed by atoms with E-state index in [9.17, 15) is 4.79 Å². The van der Waals surface area contributed by atoms with E-state index in [4.69, 9.17) is 10.2 Å². The van der Waals surface area contributed by atoms with Gasteiger partial charge in [-0.3, -0.25) is 0 Å². The molecule has 0 saturated carbocycles. The minimum atomic E-state index is -0.256. The van der Waals surface area contributed by atoms with Gasteiger partial charge in [-0.05, 0) is 30.5 Å². The maximum Gasteiger partial charge on any atom is 0.339 e. The van der Waals surface area contributed by atoms with Crippen LogP contribution in [0, 0.1) is 6.92 Å². The van der Waals surface area contributed by atoms with E-state index in [1.54, 1.807) is 13.0 Å². The van der Waals surface area contributed by atoms with Crippen molar-refractivity contribution in [2.45, 2.75) is 6.92 Å². The zero-order chi connectivity index (χ0) is 16.2. The normalized spacial score (nSPS) is 10.3. The van der Waals surface area contributed by atoms with Gasteiger partial charge in [-0.25, -0.2) is 4.79 Å². The summed E-state index contributed by atoms with van der Waals surface area (Å²) >= 11 is 0. The van der Waals surface area contributed by atoms with Gasteiger partial charge in [0.1, 0.15) is 5.58 Å². The molecular weight excluding hydrogens is 286 g/mol. The lowest BCUT2D eigenvalue weighted by Crippen LogP contribution is -2.01. The van der Waals surface area contributed by atoms with E-state index in [1.165, 1.54) is 5.39 Å². The summed E-state index contributed by atoms with van der Waals surface area (Å²) in [6.07, 6.45) is 0. The number of aryl methyl sites for hydroxylation is 1. The average Bonchev–Trinajstić information content (AvgIpc) is 2.57. The molecule has 3 nitrogen and oxygen atoms in total. The molecule has 3 heteroatoms. The minimum absolute atomic E-state index is 0.256. The Morgan fingerprint density at radius 3 is 2.26 bits per heavy atom. The van der Waals surface area contributed by atoms with Gasteiger partial charge in [0.15, 0.2) is 0 Å². The Morgan fingerprint density at radius 1 is 0.826 bits per heavy atom. The molecule has 0 aliphatic carbocycles. The number of nitrogen functional groups attached to an aromatic ring is 1. The number of anilines is 1. The van der Waals surface area contributed by atoms with Gasteiger partial charge in [0.2, 0.25) is 0 Å². The highest BCUT2D eigenvalue weighted by atomic mass is 16.4. The van der Waals surface area contributed by atoms with E-state index in [0.717, 1.165) is 16.5 Å². The number of rotatable bonds is 0. The van der Waals surface area contributed by atoms with Gasteiger partial charge in [-0.1, -0.05) is 54.6 Å². The summed E-state index contributed by atoms with van der Waals surface area (Å²) in [6.45, 7) is 1.75. The molecule has 1 heterocycles. The molecule has 0 unspecified atom stereocenters. The van der Waals surface area contributed by atoms with Gasteiger partial charge < -0.3 is 10.2 Å². The van der Waals surface area contributed by atoms with E-state index < -0.39 is 0 Å². The Balaban J connectivity index is 0.000000136. The number of hydrogen-bond donors (Lipinski definition) is 1. The molecule has 0 aliphatic rings. The second kappa shape index (κ2) is 6.36. The van der Waals surface area contributed by atoms with Crippen LogP contribution < -0.4 is 11.4 Å². The molecular formula is C20H17NO2. The van der Waals surface area contributed by atoms with E-state index in [1.807, 2.05) is 54.6 Å². The predicted molar refractivity (Wildman–Crippen MR) is 95.6 cm³/mol. The summed E-state index contributed by atoms with van der Waals surface area (Å²) in [6, 6.07) is 23.4. The van der Waals surface area contributed by atoms with Crippen LogP contribution >= 0.6 is 0 Å². The van der Waals surface area contributed by atoms with Gasteiger partial charge in [0.25, 0.3) is 0 Å². The zero-order valence-corrected chi connectivity index (χ0v) is 12.8. The Morgan fingerprint density at radius 2 is 1.48 bits per heavy atom. The number of nitrogens with two attached hydrogens (primary N) is 1. The van der Waals surface area contributed by atoms with Crippen LogP contribution in [0.2, 0.25) is 0 Å². The van der Waals surface area contributed by atoms with Crippen LogP contribution in [-0.2, 0) is 0 Å². The average molecular weight is 303 g/mol. The topological polar surface area (TPSA) is 56.2 Å². The molecule has 0 amide bonds. The van der Waals surface area contributed by atoms with Crippen molar-refractivity contribution < 1.29 is 4.42 Å². The first kappa shape index (κ1) is 14.9. The lowest BCUT2D eigenvalue weighted by Gasteiger charge is -1.98. The standard InChI is InChI=1S/C10H9N.C10H8O2/c11-10-7-3-5-8-4-1-2-6-9(8)10;1-7-6-8-4-2-3-5-9(8)12-10(7)11/h1-7H,11H2;2-6H,1H3. The number of benzene rings is 3. The highest BCUT2D eigenvalue weighted by molar-refractivity contribution is 5.92. The van der Waals surface area contributed by atoms with Crippen LogP contribution in [0.15, 0.2) is 82.0 Å². The summed E-state index contributed by atoms with van der Waals surface area (Å²) in [4.78, 5) is 11.1. The molecule has 2 N–H and O–H groups in total. The molecule has 0 atom stereocenters. The van der Waals surface area contributed by atoms with Crippen molar-refractivity contribution in [3.05, 3.63) is 88.8 Å². The number of hydrogen-bond acceptors (Lipinski definition) is 3. The lowest BCUT2D eigenvalue weighted by atomic mass is 10.1. The highest BCUT2D eigenvalue weighted by Crippen LogP contribution is 2.19. The zero-order valence-electron chi connectivity index (χ0n) is 12.8. The molecule has 4 rings (SSSR count). The van der Waals surface area contributed by atoms with E-state index in [0.29, 0.717) is 11.1 Å². The van der Waals surface area contributed by atoms with E-state index in [-0.39, 0.29) is 5.63 Å². The lowest BCUT2D eigenvalue weighted by molar-refractivity contribution is 0.555. The third kappa shape index (κ3) is 3.24. The van der Waals surface area contributed by atoms with Gasteiger partial charge in [-0.15, -0.1) is 0 Å². The van der Waals surface area contributed by atoms with Crippen LogP contribution in [-0.4, -0.2) is 0 Å². The van der Waals surface area contributed by atoms with Crippen molar-refractivity contribution in [2.75, 3.05) is 5.73 Å². The Hall–Kier alpha value is -3.07. The first-order chi connectivity index (χ1) is 11.1. The maximum atomic E-state index is 11.1. The molecule has 1 aromatic heterocycles. The Kier molecular flexibility index (Phi) is 4.11. The van der Waals surface area contributed by atoms with Crippen LogP contribution in [0.3, 0.4) is 0 Å². The first-order valence-corrected chi connectivity index (χ1v) is 7.38. The molecule has 0 spiro atoms. The molecule has 23 heavy (non-hydrogen) atoms. The fourth-order valence-corrected chi connectivity index (χ4v) is 2.42. The molecule has 0 aliphatic heterocycles. The van der Waals surface area contributed by atoms with Crippen molar-refractivity contribution in [3.8, 4) is 0 Å². The molecule has 0 bridgehead atoms. The Bertz CT molecular complexity index is 1010. The fourth-order valence-electron chi connectivity index (χ4n) is 2.42. The first-order valence-electron chi connectivity index (χ1n) is 7.38. The molecule has 0 radical (unpaired) electrons. The Labute approximate surface area is 134 Å². The fraction of sp³-hybridized carbons (Fsp3) is 0.0500. The van der Waals surface area contributed by atoms with E-state index in [2.05, 4.69) is 12.1 Å². The largest absolute Gasteiger partial charge is 0.423 e. The molecule has 114 valence electrons. The predicted octanol–water partition coefficient (Wildman–Crippen LogP) is 4.52. The quantitative estimate of drug-likeness (QED) is 0.384. The smallest absolute Gasteiger partial charge is 0.339 e. The van der Waals surface area contributed by atoms with Crippen molar-refractivity contribution >= 4 is 27.4 Å². The summed E-state index contributed by atoms with van der Waals surface area (Å²) < 4.78 is 5.04. The summed E-state index contributed by atoms with van der Waals surface area (Å²) in [5.41, 5.74) is 7.64. The number of para-hydroxylation sites is 1. The van der Waals surface area contributed by atoms with Crippen LogP contribution in [0.4, 0.5) is 5.69 Å². The highest BCUT2D eigenvalue weighted by Gasteiger charge is 1.98. The minimum Gasteiger partial charge on any atom is -0.423 e. The maximum absolute atomic E-state index is 11.1. The third-order valence-corrected chi connectivity index (χ3v) is 3.64. The van der Waals surface area contributed by atoms with Crippen LogP contribution in [0.1, 0.15) is 5.56 Å². The number of fused-ring (bicyclic) bond motifs is 2. The molecule has 4 aromatic rings. The van der Waals surface area contributed by atoms with Crippen molar-refractivity contribution in [1.82, 2.24) is 0 Å². The third-order valence-electron chi connectivity index (χ3n) is 3.64. The molecule has 0 fully saturated rings. The van der Waals surface area contributed by atoms with Crippen molar-refractivity contribution in [1.29, 1.82) is 0 Å². The van der Waals surface area contributed by atoms with Gasteiger partial charge in [0, 0.05) is 22.0 Å². The van der Waals surface area contributed by atoms with Gasteiger partial charge in [0.05, 0.1) is 0 Å². The van der Waals surface area contributed by atoms with Gasteiger partial charge in [-0.2, -0.15) is 0 Å². The van der Waals surface area contributed by atoms with Crippen LogP contribution in [0.5, 0.6) is 0 Å². The second-order valence-corrected chi connectivity index (χ2v) is 5.32. The van der Waals surface area contributed by atoms with E-state index >= 15 is 0 Å². The van der Waals surface area contributed by atoms with Crippen molar-refractivity contribution in [3.63, 3.8) is 0 Å². The summed E-state index contributed by atoms with van der Waals surface area (Å²) in [5.74, 6) is 0. The van der Waals surface area contributed by atoms with Crippen LogP contribution in [0.25, 0.3) is 21.7 Å². The molecule has 0 saturated heterocycles.